The number of halogens is 2. The van der Waals surface area contributed by atoms with Gasteiger partial charge < -0.3 is 10.1 Å². The molecule has 0 saturated heterocycles. The summed E-state index contributed by atoms with van der Waals surface area (Å²) in [7, 11) is 0. The Hall–Kier alpha value is -5.37. The number of carbonyl (C=O) groups is 2. The molecule has 4 aromatic carbocycles. The molecule has 0 atom stereocenters. The van der Waals surface area contributed by atoms with E-state index in [0.717, 1.165) is 34.5 Å². The highest BCUT2D eigenvalue weighted by Gasteiger charge is 2.13. The minimum absolute atomic E-state index is 0.0479. The van der Waals surface area contributed by atoms with Crippen LogP contribution in [-0.2, 0) is 14.3 Å². The molecule has 8 heteroatoms. The van der Waals surface area contributed by atoms with Crippen LogP contribution in [0.3, 0.4) is 0 Å². The van der Waals surface area contributed by atoms with E-state index in [0.29, 0.717) is 11.3 Å². The molecule has 0 fully saturated rings. The predicted molar refractivity (Wildman–Crippen MR) is 149 cm³/mol. The lowest BCUT2D eigenvalue weighted by Crippen LogP contribution is -2.20. The van der Waals surface area contributed by atoms with Crippen molar-refractivity contribution in [3.05, 3.63) is 133 Å². The number of para-hydroxylation sites is 1. The van der Waals surface area contributed by atoms with Gasteiger partial charge in [-0.25, -0.2) is 18.3 Å². The monoisotopic (exact) mass is 535 g/mol. The Labute approximate surface area is 229 Å². The van der Waals surface area contributed by atoms with E-state index >= 15 is 0 Å². The zero-order valence-corrected chi connectivity index (χ0v) is 21.1. The molecular formula is C32H23F2N3O3. The fourth-order valence-corrected chi connectivity index (χ4v) is 4.01. The Kier molecular flexibility index (Phi) is 7.87. The molecule has 0 saturated carbocycles. The van der Waals surface area contributed by atoms with Crippen LogP contribution in [0, 0.1) is 11.6 Å². The zero-order chi connectivity index (χ0) is 27.9. The van der Waals surface area contributed by atoms with Crippen molar-refractivity contribution in [2.24, 2.45) is 0 Å². The summed E-state index contributed by atoms with van der Waals surface area (Å²) in [6.07, 6.45) is 4.58. The lowest BCUT2D eigenvalue weighted by molar-refractivity contribution is -0.142. The number of ether oxygens (including phenoxy) is 1. The quantitative estimate of drug-likeness (QED) is 0.178. The number of amides is 1. The van der Waals surface area contributed by atoms with Gasteiger partial charge in [-0.15, -0.1) is 0 Å². The predicted octanol–water partition coefficient (Wildman–Crippen LogP) is 6.68. The van der Waals surface area contributed by atoms with Crippen molar-refractivity contribution in [1.82, 2.24) is 9.78 Å². The van der Waals surface area contributed by atoms with E-state index in [4.69, 9.17) is 9.84 Å². The van der Waals surface area contributed by atoms with Crippen molar-refractivity contribution in [3.63, 3.8) is 0 Å². The maximum atomic E-state index is 13.3. The van der Waals surface area contributed by atoms with Gasteiger partial charge in [0.1, 0.15) is 0 Å². The second-order valence-electron chi connectivity index (χ2n) is 8.77. The summed E-state index contributed by atoms with van der Waals surface area (Å²) in [4.78, 5) is 24.4. The van der Waals surface area contributed by atoms with Gasteiger partial charge in [0, 0.05) is 35.2 Å². The lowest BCUT2D eigenvalue weighted by atomic mass is 10.0. The molecule has 1 amide bonds. The van der Waals surface area contributed by atoms with E-state index in [1.807, 2.05) is 84.9 Å². The standard InChI is InChI=1S/C32H23F2N3O3/c33-28-17-16-26(19-29(28)34)35-30(38)21-40-31(39)18-15-25-20-37(27-9-5-2-6-10-27)36-32(25)24-13-11-23(12-14-24)22-7-3-1-4-8-22/h1-20H,21H2,(H,35,38). The van der Waals surface area contributed by atoms with Crippen molar-refractivity contribution in [2.45, 2.75) is 0 Å². The van der Waals surface area contributed by atoms with Crippen LogP contribution in [0.5, 0.6) is 0 Å². The van der Waals surface area contributed by atoms with Crippen molar-refractivity contribution in [2.75, 3.05) is 11.9 Å². The molecule has 1 aromatic heterocycles. The molecule has 1 heterocycles. The summed E-state index contributed by atoms with van der Waals surface area (Å²) in [5.41, 5.74) is 5.23. The molecule has 1 N–H and O–H groups in total. The smallest absolute Gasteiger partial charge is 0.331 e. The Bertz CT molecular complexity index is 1670. The summed E-state index contributed by atoms with van der Waals surface area (Å²) < 4.78 is 33.2. The Balaban J connectivity index is 1.32. The topological polar surface area (TPSA) is 73.2 Å². The highest BCUT2D eigenvalue weighted by Crippen LogP contribution is 2.28. The van der Waals surface area contributed by atoms with Gasteiger partial charge in [0.25, 0.3) is 5.91 Å². The van der Waals surface area contributed by atoms with Crippen LogP contribution in [0.1, 0.15) is 5.56 Å². The molecule has 5 aromatic rings. The fraction of sp³-hybridized carbons (Fsp3) is 0.0312. The number of hydrogen-bond donors (Lipinski definition) is 1. The van der Waals surface area contributed by atoms with E-state index in [-0.39, 0.29) is 5.69 Å². The molecule has 0 radical (unpaired) electrons. The normalized spacial score (nSPS) is 10.9. The molecule has 0 spiro atoms. The Morgan fingerprint density at radius 3 is 2.15 bits per heavy atom. The first-order valence-electron chi connectivity index (χ1n) is 12.4. The van der Waals surface area contributed by atoms with Crippen molar-refractivity contribution >= 4 is 23.6 Å². The third kappa shape index (κ3) is 6.36. The second-order valence-corrected chi connectivity index (χ2v) is 8.77. The van der Waals surface area contributed by atoms with Gasteiger partial charge in [-0.2, -0.15) is 5.10 Å². The third-order valence-electron chi connectivity index (χ3n) is 5.98. The summed E-state index contributed by atoms with van der Waals surface area (Å²) in [5, 5.41) is 7.10. The number of benzene rings is 4. The average Bonchev–Trinajstić information content (AvgIpc) is 3.42. The first-order chi connectivity index (χ1) is 19.5. The second kappa shape index (κ2) is 12.0. The first-order valence-corrected chi connectivity index (χ1v) is 12.4. The molecule has 5 rings (SSSR count). The number of nitrogens with one attached hydrogen (secondary N) is 1. The van der Waals surface area contributed by atoms with Crippen LogP contribution < -0.4 is 5.32 Å². The number of rotatable bonds is 8. The SMILES string of the molecule is O=C(COC(=O)C=Cc1cn(-c2ccccc2)nc1-c1ccc(-c2ccccc2)cc1)Nc1ccc(F)c(F)c1. The van der Waals surface area contributed by atoms with E-state index in [1.54, 1.807) is 17.0 Å². The number of anilines is 1. The maximum absolute atomic E-state index is 13.3. The number of aromatic nitrogens is 2. The molecule has 0 unspecified atom stereocenters. The van der Waals surface area contributed by atoms with Crippen molar-refractivity contribution in [3.8, 4) is 28.1 Å². The lowest BCUT2D eigenvalue weighted by Gasteiger charge is -2.06. The van der Waals surface area contributed by atoms with Gasteiger partial charge >= 0.3 is 5.97 Å². The van der Waals surface area contributed by atoms with E-state index in [9.17, 15) is 18.4 Å². The summed E-state index contributed by atoms with van der Waals surface area (Å²) in [6, 6.07) is 30.5. The van der Waals surface area contributed by atoms with Crippen LogP contribution >= 0.6 is 0 Å². The van der Waals surface area contributed by atoms with Gasteiger partial charge in [-0.1, -0.05) is 72.8 Å². The number of hydrogen-bond acceptors (Lipinski definition) is 4. The minimum Gasteiger partial charge on any atom is -0.452 e. The minimum atomic E-state index is -1.10. The zero-order valence-electron chi connectivity index (χ0n) is 21.1. The molecular weight excluding hydrogens is 512 g/mol. The molecule has 6 nitrogen and oxygen atoms in total. The summed E-state index contributed by atoms with van der Waals surface area (Å²) in [5.74, 6) is -3.57. The van der Waals surface area contributed by atoms with Crippen LogP contribution in [-0.4, -0.2) is 28.3 Å². The third-order valence-corrected chi connectivity index (χ3v) is 5.98. The molecule has 0 aliphatic rings. The van der Waals surface area contributed by atoms with Gasteiger partial charge in [0.15, 0.2) is 18.2 Å². The average molecular weight is 536 g/mol. The highest BCUT2D eigenvalue weighted by molar-refractivity contribution is 5.95. The van der Waals surface area contributed by atoms with Gasteiger partial charge in [0.05, 0.1) is 11.4 Å². The first kappa shape index (κ1) is 26.2. The van der Waals surface area contributed by atoms with Crippen LogP contribution in [0.2, 0.25) is 0 Å². The van der Waals surface area contributed by atoms with Gasteiger partial charge in [-0.3, -0.25) is 4.79 Å². The summed E-state index contributed by atoms with van der Waals surface area (Å²) >= 11 is 0. The highest BCUT2D eigenvalue weighted by atomic mass is 19.2. The van der Waals surface area contributed by atoms with Crippen molar-refractivity contribution < 1.29 is 23.1 Å². The van der Waals surface area contributed by atoms with Crippen LogP contribution in [0.4, 0.5) is 14.5 Å². The van der Waals surface area contributed by atoms with E-state index < -0.39 is 30.1 Å². The van der Waals surface area contributed by atoms with Gasteiger partial charge in [0.2, 0.25) is 0 Å². The largest absolute Gasteiger partial charge is 0.452 e. The molecule has 40 heavy (non-hydrogen) atoms. The molecule has 198 valence electrons. The molecule has 0 bridgehead atoms. The van der Waals surface area contributed by atoms with Crippen molar-refractivity contribution in [1.29, 1.82) is 0 Å². The van der Waals surface area contributed by atoms with Gasteiger partial charge in [-0.05, 0) is 41.5 Å². The summed E-state index contributed by atoms with van der Waals surface area (Å²) in [6.45, 7) is -0.598. The van der Waals surface area contributed by atoms with Crippen LogP contribution in [0.25, 0.3) is 34.1 Å². The van der Waals surface area contributed by atoms with E-state index in [1.165, 1.54) is 12.1 Å². The molecule has 0 aliphatic carbocycles. The number of esters is 1. The Morgan fingerprint density at radius 2 is 1.45 bits per heavy atom. The number of nitrogens with zero attached hydrogens (tertiary/aromatic N) is 2. The maximum Gasteiger partial charge on any atom is 0.331 e. The fourth-order valence-electron chi connectivity index (χ4n) is 4.01. The van der Waals surface area contributed by atoms with E-state index in [2.05, 4.69) is 5.32 Å². The Morgan fingerprint density at radius 1 is 0.800 bits per heavy atom. The molecule has 0 aliphatic heterocycles. The van der Waals surface area contributed by atoms with Crippen LogP contribution in [0.15, 0.2) is 115 Å². The number of carbonyl (C=O) groups excluding carboxylic acids is 2.